The SMILES string of the molecule is CCOC(=O)C1=CC23C=C4Cc5cc6c7c8c(cc9c%10c8c8c%11c7c5c5c4c2c2c4c(cc7cc(c%12c7c4c(c2c5%11)c8c%12%10)C9)C3C1CC)C6. The van der Waals surface area contributed by atoms with Crippen molar-refractivity contribution in [2.45, 2.75) is 50.9 Å². The number of rotatable bonds is 3. The minimum absolute atomic E-state index is 0.111. The summed E-state index contributed by atoms with van der Waals surface area (Å²) in [6, 6.07) is 10.4. The average Bonchev–Trinajstić information content (AvgIpc) is 3.94. The fourth-order valence-corrected chi connectivity index (χ4v) is 14.8. The van der Waals surface area contributed by atoms with Gasteiger partial charge in [-0.2, -0.15) is 0 Å². The number of esters is 1. The lowest BCUT2D eigenvalue weighted by Gasteiger charge is -2.39. The van der Waals surface area contributed by atoms with Gasteiger partial charge in [0, 0.05) is 16.9 Å². The van der Waals surface area contributed by atoms with Crippen molar-refractivity contribution in [3.05, 3.63) is 86.5 Å². The van der Waals surface area contributed by atoms with Gasteiger partial charge in [-0.3, -0.25) is 0 Å². The molecule has 0 fully saturated rings. The largest absolute Gasteiger partial charge is 0.463 e. The van der Waals surface area contributed by atoms with Crippen LogP contribution in [0, 0.1) is 5.92 Å². The van der Waals surface area contributed by atoms with Gasteiger partial charge >= 0.3 is 5.97 Å². The summed E-state index contributed by atoms with van der Waals surface area (Å²) < 4.78 is 5.84. The summed E-state index contributed by atoms with van der Waals surface area (Å²) in [5.41, 5.74) is 14.4. The maximum atomic E-state index is 13.9. The molecule has 0 N–H and O–H groups in total. The average molecular weight is 621 g/mol. The first-order valence-corrected chi connectivity index (χ1v) is 18.6. The first kappa shape index (κ1) is 22.4. The van der Waals surface area contributed by atoms with Crippen LogP contribution >= 0.6 is 0 Å². The summed E-state index contributed by atoms with van der Waals surface area (Å²) >= 11 is 0. The highest BCUT2D eigenvalue weighted by atomic mass is 16.5. The predicted octanol–water partition coefficient (Wildman–Crippen LogP) is 10.9. The molecule has 3 atom stereocenters. The molecule has 11 aromatic carbocycles. The Bertz CT molecular complexity index is 3640. The second kappa shape index (κ2) is 5.98. The Morgan fingerprint density at radius 3 is 1.86 bits per heavy atom. The molecule has 0 saturated heterocycles. The molecule has 3 unspecified atom stereocenters. The maximum absolute atomic E-state index is 13.9. The Kier molecular flexibility index (Phi) is 2.74. The minimum atomic E-state index is -0.329. The van der Waals surface area contributed by atoms with Crippen LogP contribution in [0.3, 0.4) is 0 Å². The van der Waals surface area contributed by atoms with Crippen LogP contribution < -0.4 is 0 Å². The Morgan fingerprint density at radius 1 is 0.612 bits per heavy atom. The lowest BCUT2D eigenvalue weighted by atomic mass is 9.63. The van der Waals surface area contributed by atoms with Crippen LogP contribution in [0.25, 0.3) is 113 Å². The van der Waals surface area contributed by atoms with Crippen LogP contribution in [0.5, 0.6) is 0 Å². The molecule has 0 bridgehead atoms. The molecular weight excluding hydrogens is 597 g/mol. The summed E-state index contributed by atoms with van der Waals surface area (Å²) in [5.74, 6) is 0.198. The van der Waals surface area contributed by atoms with Gasteiger partial charge in [0.15, 0.2) is 0 Å². The number of allylic oxidation sites excluding steroid dienone is 3. The van der Waals surface area contributed by atoms with Crippen molar-refractivity contribution < 1.29 is 9.53 Å². The third-order valence-corrected chi connectivity index (χ3v) is 15.6. The summed E-state index contributed by atoms with van der Waals surface area (Å²) in [4.78, 5) is 13.9. The lowest BCUT2D eigenvalue weighted by molar-refractivity contribution is -0.139. The van der Waals surface area contributed by atoms with Crippen molar-refractivity contribution in [2.75, 3.05) is 6.61 Å². The maximum Gasteiger partial charge on any atom is 0.334 e. The van der Waals surface area contributed by atoms with Crippen LogP contribution in [0.4, 0.5) is 0 Å². The lowest BCUT2D eigenvalue weighted by Crippen LogP contribution is -2.31. The van der Waals surface area contributed by atoms with E-state index in [1.54, 1.807) is 103 Å². The highest BCUT2D eigenvalue weighted by Crippen LogP contribution is 2.73. The Hall–Kier alpha value is -5.21. The standard InChI is InChI=1S/C47H24O2/c1-3-21-23(46(48)49-4-2)13-47-12-20-10-18-8-15-5-14-6-17-7-16-9-19-11-22(44(21)47)31-36-27(19)26(16)33-28(17)32-24(14)25(15)34-29(18)35-30(20)45(47)43(31)42-40(35)38(34)37(32)39(33)41(36)42/h6,8-9,11-13,21,44H,3-5,7,10H2,1-2H3. The van der Waals surface area contributed by atoms with Crippen LogP contribution in [-0.4, -0.2) is 12.6 Å². The zero-order chi connectivity index (χ0) is 31.0. The summed E-state index contributed by atoms with van der Waals surface area (Å²) in [7, 11) is 0. The summed E-state index contributed by atoms with van der Waals surface area (Å²) in [6.45, 7) is 4.65. The van der Waals surface area contributed by atoms with E-state index in [-0.39, 0.29) is 23.2 Å². The Labute approximate surface area is 277 Å². The Morgan fingerprint density at radius 2 is 1.16 bits per heavy atom. The van der Waals surface area contributed by atoms with Crippen LogP contribution in [0.2, 0.25) is 0 Å². The third-order valence-electron chi connectivity index (χ3n) is 15.6. The van der Waals surface area contributed by atoms with Gasteiger partial charge in [-0.15, -0.1) is 0 Å². The zero-order valence-corrected chi connectivity index (χ0v) is 27.0. The van der Waals surface area contributed by atoms with Gasteiger partial charge in [0.05, 0.1) is 6.61 Å². The van der Waals surface area contributed by atoms with Gasteiger partial charge in [-0.25, -0.2) is 4.79 Å². The molecule has 0 aliphatic heterocycles. The Balaban J connectivity index is 1.29. The number of carbonyl (C=O) groups excluding carboxylic acids is 1. The molecule has 6 aliphatic carbocycles. The number of benzene rings is 7. The number of hydrogen-bond acceptors (Lipinski definition) is 2. The second-order valence-corrected chi connectivity index (χ2v) is 16.9. The van der Waals surface area contributed by atoms with Crippen molar-refractivity contribution >= 4 is 119 Å². The number of ether oxygens (including phenoxy) is 1. The van der Waals surface area contributed by atoms with Crippen LogP contribution in [0.1, 0.15) is 70.7 Å². The van der Waals surface area contributed by atoms with E-state index >= 15 is 0 Å². The number of fused-ring (bicyclic) bond motifs is 1. The van der Waals surface area contributed by atoms with Crippen molar-refractivity contribution in [3.63, 3.8) is 0 Å². The first-order valence-electron chi connectivity index (χ1n) is 18.6. The van der Waals surface area contributed by atoms with E-state index < -0.39 is 0 Å². The van der Waals surface area contributed by atoms with E-state index in [9.17, 15) is 4.79 Å². The topological polar surface area (TPSA) is 26.3 Å². The highest BCUT2D eigenvalue weighted by Gasteiger charge is 2.58. The molecule has 224 valence electrons. The molecule has 2 nitrogen and oxygen atoms in total. The molecule has 11 aromatic rings. The quantitative estimate of drug-likeness (QED) is 0.145. The molecule has 1 spiro atoms. The second-order valence-electron chi connectivity index (χ2n) is 16.9. The van der Waals surface area contributed by atoms with Gasteiger partial charge < -0.3 is 4.74 Å². The normalized spacial score (nSPS) is 24.0. The van der Waals surface area contributed by atoms with E-state index in [2.05, 4.69) is 43.3 Å². The van der Waals surface area contributed by atoms with Gasteiger partial charge in [0.25, 0.3) is 0 Å². The summed E-state index contributed by atoms with van der Waals surface area (Å²) in [5, 5.41) is 31.1. The molecule has 49 heavy (non-hydrogen) atoms. The molecule has 0 aromatic heterocycles. The fraction of sp³-hybridized carbons (Fsp3) is 0.213. The van der Waals surface area contributed by atoms with Crippen molar-refractivity contribution in [3.8, 4) is 0 Å². The van der Waals surface area contributed by atoms with E-state index in [4.69, 9.17) is 4.74 Å². The molecule has 2 heteroatoms. The minimum Gasteiger partial charge on any atom is -0.463 e. The number of carbonyl (C=O) groups is 1. The number of hydrogen-bond donors (Lipinski definition) is 0. The van der Waals surface area contributed by atoms with Gasteiger partial charge in [0.2, 0.25) is 0 Å². The van der Waals surface area contributed by atoms with Crippen LogP contribution in [-0.2, 0) is 34.2 Å². The molecular formula is C47H24O2. The van der Waals surface area contributed by atoms with Crippen molar-refractivity contribution in [2.24, 2.45) is 5.92 Å². The van der Waals surface area contributed by atoms with E-state index in [0.29, 0.717) is 6.61 Å². The van der Waals surface area contributed by atoms with Crippen molar-refractivity contribution in [1.29, 1.82) is 0 Å². The zero-order valence-electron chi connectivity index (χ0n) is 27.0. The predicted molar refractivity (Wildman–Crippen MR) is 200 cm³/mol. The first-order chi connectivity index (χ1) is 24.1. The van der Waals surface area contributed by atoms with Crippen molar-refractivity contribution in [1.82, 2.24) is 0 Å². The smallest absolute Gasteiger partial charge is 0.334 e. The molecule has 17 rings (SSSR count). The molecule has 0 amide bonds. The fourth-order valence-electron chi connectivity index (χ4n) is 14.8. The highest BCUT2D eigenvalue weighted by molar-refractivity contribution is 6.64. The molecule has 0 saturated carbocycles. The van der Waals surface area contributed by atoms with E-state index in [1.807, 2.05) is 6.92 Å². The molecule has 0 radical (unpaired) electrons. The third kappa shape index (κ3) is 1.68. The monoisotopic (exact) mass is 620 g/mol. The van der Waals surface area contributed by atoms with Gasteiger partial charge in [-0.1, -0.05) is 43.3 Å². The molecule has 0 heterocycles. The summed E-state index contributed by atoms with van der Waals surface area (Å²) in [6.07, 6.45) is 9.09. The van der Waals surface area contributed by atoms with Gasteiger partial charge in [-0.05, 0) is 196 Å². The van der Waals surface area contributed by atoms with E-state index in [1.165, 1.54) is 54.9 Å². The van der Waals surface area contributed by atoms with Crippen LogP contribution in [0.15, 0.2) is 42.0 Å². The van der Waals surface area contributed by atoms with E-state index in [0.717, 1.165) is 31.3 Å². The molecule has 6 aliphatic rings. The van der Waals surface area contributed by atoms with Gasteiger partial charge in [0.1, 0.15) is 0 Å².